The zero-order valence-corrected chi connectivity index (χ0v) is 26.4. The number of carbonyl (C=O) groups is 3. The second-order valence-corrected chi connectivity index (χ2v) is 12.5. The van der Waals surface area contributed by atoms with Gasteiger partial charge in [0.05, 0.1) is 19.6 Å². The molecule has 0 aliphatic heterocycles. The molecule has 0 fully saturated rings. The van der Waals surface area contributed by atoms with Gasteiger partial charge in [0.15, 0.2) is 0 Å². The Hall–Kier alpha value is -3.65. The van der Waals surface area contributed by atoms with E-state index < -0.39 is 29.7 Å². The number of benzene rings is 2. The highest BCUT2D eigenvalue weighted by Crippen LogP contribution is 2.30. The molecule has 0 aromatic heterocycles. The average molecular weight is 652 g/mol. The maximum atomic E-state index is 13.3. The van der Waals surface area contributed by atoms with Crippen LogP contribution in [0.25, 0.3) is 0 Å². The normalized spacial score (nSPS) is 12.2. The lowest BCUT2D eigenvalue weighted by molar-refractivity contribution is -0.388. The average Bonchev–Trinajstić information content (AvgIpc) is 2.90. The van der Waals surface area contributed by atoms with Gasteiger partial charge in [-0.15, -0.1) is 0 Å². The van der Waals surface area contributed by atoms with Crippen molar-refractivity contribution in [2.24, 2.45) is 5.41 Å². The van der Waals surface area contributed by atoms with Gasteiger partial charge in [-0.3, -0.25) is 4.79 Å². The number of carbonyl (C=O) groups excluding carboxylic acids is 3. The highest BCUT2D eigenvalue weighted by molar-refractivity contribution is 5.83. The number of amides is 1. The van der Waals surface area contributed by atoms with Crippen molar-refractivity contribution in [3.8, 4) is 0 Å². The lowest BCUT2D eigenvalue weighted by atomic mass is 9.74. The molecular weight excluding hydrogens is 608 g/mol. The van der Waals surface area contributed by atoms with E-state index in [9.17, 15) is 31.1 Å². The third-order valence-electron chi connectivity index (χ3n) is 6.61. The van der Waals surface area contributed by atoms with Crippen molar-refractivity contribution in [1.29, 1.82) is 0 Å². The van der Waals surface area contributed by atoms with Crippen molar-refractivity contribution in [2.75, 3.05) is 19.6 Å². The van der Waals surface area contributed by atoms with E-state index in [0.717, 1.165) is 0 Å². The van der Waals surface area contributed by atoms with Gasteiger partial charge >= 0.3 is 12.4 Å². The largest absolute Gasteiger partial charge is 0.542 e. The summed E-state index contributed by atoms with van der Waals surface area (Å²) in [7, 11) is 0. The lowest BCUT2D eigenvalue weighted by Gasteiger charge is -2.30. The van der Waals surface area contributed by atoms with Crippen molar-refractivity contribution in [3.63, 3.8) is 0 Å². The molecule has 7 N–H and O–H groups in total. The van der Waals surface area contributed by atoms with Crippen LogP contribution < -0.4 is 27.0 Å². The summed E-state index contributed by atoms with van der Waals surface area (Å²) in [5, 5.41) is 20.7. The van der Waals surface area contributed by atoms with Crippen molar-refractivity contribution in [2.45, 2.75) is 77.6 Å². The van der Waals surface area contributed by atoms with Crippen LogP contribution in [-0.2, 0) is 38.1 Å². The first kappa shape index (κ1) is 41.4. The van der Waals surface area contributed by atoms with E-state index in [4.69, 9.17) is 19.8 Å². The molecule has 254 valence electrons. The summed E-state index contributed by atoms with van der Waals surface area (Å²) in [6, 6.07) is 17.4. The molecule has 1 amide bonds. The fourth-order valence-corrected chi connectivity index (χ4v) is 3.93. The minimum Gasteiger partial charge on any atom is -0.542 e. The second-order valence-electron chi connectivity index (χ2n) is 12.5. The predicted molar refractivity (Wildman–Crippen MR) is 151 cm³/mol. The molecule has 0 radical (unpaired) electrons. The molecule has 0 heterocycles. The van der Waals surface area contributed by atoms with Gasteiger partial charge < -0.3 is 36.6 Å². The number of rotatable bonds is 8. The van der Waals surface area contributed by atoms with E-state index in [-0.39, 0.29) is 16.7 Å². The third-order valence-corrected chi connectivity index (χ3v) is 6.61. The quantitative estimate of drug-likeness (QED) is 0.365. The minimum atomic E-state index is -5.19. The number of alkyl halides is 6. The van der Waals surface area contributed by atoms with Crippen LogP contribution in [0.5, 0.6) is 0 Å². The van der Waals surface area contributed by atoms with Crippen LogP contribution in [0.2, 0.25) is 0 Å². The van der Waals surface area contributed by atoms with Crippen molar-refractivity contribution in [3.05, 3.63) is 70.8 Å². The lowest BCUT2D eigenvalue weighted by Crippen LogP contribution is -2.65. The maximum absolute atomic E-state index is 13.3. The molecule has 0 aliphatic carbocycles. The number of carboxylic acids is 2. The molecule has 0 unspecified atom stereocenters. The van der Waals surface area contributed by atoms with Crippen molar-refractivity contribution >= 4 is 17.8 Å². The molecule has 8 nitrogen and oxygen atoms in total. The van der Waals surface area contributed by atoms with Gasteiger partial charge in [0.1, 0.15) is 17.4 Å². The highest BCUT2D eigenvalue weighted by Gasteiger charge is 2.40. The Bertz CT molecular complexity index is 1150. The standard InChI is InChI=1S/C27H41N3O.2C2HF3O2/c1-25(2,3)22-11-7-20(8-12-22)17-27(19-29,24(31)30-16-15-28)18-21-9-13-23(14-10-21)26(4,5)6;2*3-2(4,5)1(6)7/h7-14H,15-19,28-29H2,1-6H3,(H,30,31);2*(H,6,7). The maximum Gasteiger partial charge on any atom is 0.430 e. The molecule has 0 bridgehead atoms. The van der Waals surface area contributed by atoms with Gasteiger partial charge in [-0.25, -0.2) is 0 Å². The summed E-state index contributed by atoms with van der Waals surface area (Å²) in [5.41, 5.74) is 12.7. The Morgan fingerprint density at radius 3 is 1.13 bits per heavy atom. The smallest absolute Gasteiger partial charge is 0.430 e. The Morgan fingerprint density at radius 2 is 0.933 bits per heavy atom. The van der Waals surface area contributed by atoms with E-state index in [0.29, 0.717) is 32.5 Å². The Morgan fingerprint density at radius 1 is 0.644 bits per heavy atom. The fourth-order valence-electron chi connectivity index (χ4n) is 3.93. The number of carboxylic acid groups (broad SMARTS) is 2. The summed E-state index contributed by atoms with van der Waals surface area (Å²) in [5.74, 6) is -5.94. The number of hydrogen-bond donors (Lipinski definition) is 3. The van der Waals surface area contributed by atoms with Crippen LogP contribution in [-0.4, -0.2) is 49.8 Å². The molecule has 0 spiro atoms. The summed E-state index contributed by atoms with van der Waals surface area (Å²) in [6.07, 6.45) is -9.05. The molecule has 2 aromatic rings. The molecule has 0 aliphatic rings. The monoisotopic (exact) mass is 651 g/mol. The summed E-state index contributed by atoms with van der Waals surface area (Å²) in [6.45, 7) is 15.1. The molecule has 45 heavy (non-hydrogen) atoms. The van der Waals surface area contributed by atoms with Crippen LogP contribution in [0.4, 0.5) is 26.3 Å². The molecule has 2 aromatic carbocycles. The molecule has 0 atom stereocenters. The second kappa shape index (κ2) is 16.6. The van der Waals surface area contributed by atoms with E-state index in [1.807, 2.05) is 0 Å². The van der Waals surface area contributed by atoms with Crippen LogP contribution in [0.15, 0.2) is 48.5 Å². The molecular formula is C31H43F6N3O5. The zero-order chi connectivity index (χ0) is 35.4. The van der Waals surface area contributed by atoms with E-state index in [2.05, 4.69) is 107 Å². The SMILES string of the molecule is CC(C)(C)c1ccc(CC(C[NH3+])(Cc2ccc(C(C)(C)C)cc2)C(=O)NCC[NH3+])cc1.O=C([O-])C(F)(F)F.O=C([O-])C(F)(F)F. The Labute approximate surface area is 259 Å². The van der Waals surface area contributed by atoms with E-state index >= 15 is 0 Å². The molecule has 2 rings (SSSR count). The van der Waals surface area contributed by atoms with E-state index in [1.165, 1.54) is 22.3 Å². The minimum absolute atomic E-state index is 0.0749. The molecule has 14 heteroatoms. The van der Waals surface area contributed by atoms with E-state index in [1.54, 1.807) is 0 Å². The summed E-state index contributed by atoms with van der Waals surface area (Å²) >= 11 is 0. The number of aliphatic carboxylic acids is 2. The van der Waals surface area contributed by atoms with Gasteiger partial charge in [-0.2, -0.15) is 26.3 Å². The summed E-state index contributed by atoms with van der Waals surface area (Å²) < 4.78 is 63.1. The number of halogens is 6. The third kappa shape index (κ3) is 14.8. The van der Waals surface area contributed by atoms with Crippen molar-refractivity contribution in [1.82, 2.24) is 5.32 Å². The number of hydrogen-bond acceptors (Lipinski definition) is 5. The van der Waals surface area contributed by atoms with Gasteiger partial charge in [0.25, 0.3) is 0 Å². The number of nitrogens with one attached hydrogen (secondary N) is 1. The first-order chi connectivity index (χ1) is 20.3. The van der Waals surface area contributed by atoms with Crippen LogP contribution in [0.1, 0.15) is 63.8 Å². The van der Waals surface area contributed by atoms with Gasteiger partial charge in [-0.05, 0) is 45.9 Å². The molecule has 0 saturated carbocycles. The predicted octanol–water partition coefficient (Wildman–Crippen LogP) is 1.25. The first-order valence-corrected chi connectivity index (χ1v) is 13.9. The fraction of sp³-hybridized carbons (Fsp3) is 0.516. The van der Waals surface area contributed by atoms with Gasteiger partial charge in [0, 0.05) is 0 Å². The van der Waals surface area contributed by atoms with Gasteiger partial charge in [0.2, 0.25) is 5.91 Å². The first-order valence-electron chi connectivity index (χ1n) is 13.9. The number of quaternary nitrogens is 2. The Balaban J connectivity index is 0.00000114. The van der Waals surface area contributed by atoms with Crippen LogP contribution in [0.3, 0.4) is 0 Å². The molecule has 0 saturated heterocycles. The van der Waals surface area contributed by atoms with Gasteiger partial charge in [-0.1, -0.05) is 90.1 Å². The zero-order valence-electron chi connectivity index (χ0n) is 26.4. The highest BCUT2D eigenvalue weighted by atomic mass is 19.4. The van der Waals surface area contributed by atoms with Crippen LogP contribution >= 0.6 is 0 Å². The Kier molecular flexibility index (Phi) is 15.3. The van der Waals surface area contributed by atoms with Crippen molar-refractivity contribution < 1.29 is 62.4 Å². The topological polar surface area (TPSA) is 165 Å². The van der Waals surface area contributed by atoms with Crippen LogP contribution in [0, 0.1) is 5.41 Å². The summed E-state index contributed by atoms with van der Waals surface area (Å²) in [4.78, 5) is 30.9.